The van der Waals surface area contributed by atoms with E-state index in [0.717, 1.165) is 11.1 Å². The number of anilines is 1. The second kappa shape index (κ2) is 9.43. The smallest absolute Gasteiger partial charge is 0.321 e. The largest absolute Gasteiger partial charge is 0.422 e. The molecule has 0 spiro atoms. The van der Waals surface area contributed by atoms with Crippen molar-refractivity contribution >= 4 is 23.2 Å². The van der Waals surface area contributed by atoms with Crippen LogP contribution in [0, 0.1) is 30.2 Å². The molecule has 0 fully saturated rings. The number of hydrogen-bond donors (Lipinski definition) is 1. The molecule has 0 aliphatic rings. The molecule has 10 heteroatoms. The first-order valence-corrected chi connectivity index (χ1v) is 9.82. The number of rotatable bonds is 5. The first-order chi connectivity index (χ1) is 15.4. The molecule has 0 unspecified atom stereocenters. The van der Waals surface area contributed by atoms with Gasteiger partial charge in [0.2, 0.25) is 5.91 Å². The van der Waals surface area contributed by atoms with Gasteiger partial charge in [0.1, 0.15) is 11.3 Å². The van der Waals surface area contributed by atoms with Crippen molar-refractivity contribution in [1.82, 2.24) is 0 Å². The average Bonchev–Trinajstić information content (AvgIpc) is 2.73. The van der Waals surface area contributed by atoms with Crippen LogP contribution in [0.3, 0.4) is 0 Å². The minimum absolute atomic E-state index is 0.424. The Labute approximate surface area is 189 Å². The minimum Gasteiger partial charge on any atom is -0.321 e. The van der Waals surface area contributed by atoms with E-state index < -0.39 is 53.0 Å². The summed E-state index contributed by atoms with van der Waals surface area (Å²) in [6.45, 7) is 1.67. The number of nitrogens with one attached hydrogen (secondary N) is 1. The molecule has 3 rings (SSSR count). The van der Waals surface area contributed by atoms with Crippen LogP contribution in [0.4, 0.5) is 36.4 Å². The molecule has 2 nitrogen and oxygen atoms in total. The molecule has 0 heterocycles. The van der Waals surface area contributed by atoms with Gasteiger partial charge in [-0.2, -0.15) is 13.2 Å². The molecule has 3 aromatic carbocycles. The Morgan fingerprint density at radius 1 is 0.909 bits per heavy atom. The summed E-state index contributed by atoms with van der Waals surface area (Å²) < 4.78 is 93.7. The van der Waals surface area contributed by atoms with Gasteiger partial charge in [0.25, 0.3) is 0 Å². The third kappa shape index (κ3) is 5.30. The normalized spacial score (nSPS) is 11.5. The maximum Gasteiger partial charge on any atom is 0.422 e. The molecule has 0 atom stereocenters. The lowest BCUT2D eigenvalue weighted by Gasteiger charge is -2.15. The molecule has 0 saturated carbocycles. The van der Waals surface area contributed by atoms with E-state index in [0.29, 0.717) is 22.6 Å². The number of hydrogen-bond acceptors (Lipinski definition) is 1. The Morgan fingerprint density at radius 2 is 1.52 bits per heavy atom. The van der Waals surface area contributed by atoms with Crippen molar-refractivity contribution in [1.29, 1.82) is 0 Å². The zero-order chi connectivity index (χ0) is 24.5. The van der Waals surface area contributed by atoms with Gasteiger partial charge in [-0.15, -0.1) is 0 Å². The van der Waals surface area contributed by atoms with E-state index in [2.05, 4.69) is 0 Å². The van der Waals surface area contributed by atoms with Gasteiger partial charge in [0, 0.05) is 5.02 Å². The molecule has 0 radical (unpaired) electrons. The van der Waals surface area contributed by atoms with E-state index in [1.54, 1.807) is 48.6 Å². The van der Waals surface area contributed by atoms with Gasteiger partial charge in [-0.25, -0.2) is 17.6 Å². The lowest BCUT2D eigenvalue weighted by molar-refractivity contribution is -0.143. The minimum atomic E-state index is -5.67. The van der Waals surface area contributed by atoms with Gasteiger partial charge in [0.15, 0.2) is 23.3 Å². The summed E-state index contributed by atoms with van der Waals surface area (Å²) >= 11 is 6.15. The maximum atomic E-state index is 14.0. The predicted molar refractivity (Wildman–Crippen MR) is 109 cm³/mol. The zero-order valence-electron chi connectivity index (χ0n) is 16.9. The van der Waals surface area contributed by atoms with Crippen LogP contribution in [-0.4, -0.2) is 5.91 Å². The van der Waals surface area contributed by atoms with Gasteiger partial charge in [0.05, 0.1) is 6.42 Å². The van der Waals surface area contributed by atoms with Crippen molar-refractivity contribution in [2.75, 3.05) is 5.32 Å². The van der Waals surface area contributed by atoms with Crippen molar-refractivity contribution in [3.05, 3.63) is 98.6 Å². The van der Waals surface area contributed by atoms with E-state index in [1.165, 1.54) is 0 Å². The monoisotopic (exact) mass is 489 g/mol. The Balaban J connectivity index is 1.85. The number of aryl methyl sites for hydroxylation is 1. The number of halogens is 8. The molecule has 0 bridgehead atoms. The molecule has 1 N–H and O–H groups in total. The average molecular weight is 490 g/mol. The summed E-state index contributed by atoms with van der Waals surface area (Å²) in [5.41, 5.74) is -1.69. The fraction of sp³-hybridized carbons (Fsp3) is 0.174. The van der Waals surface area contributed by atoms with Crippen molar-refractivity contribution in [3.63, 3.8) is 0 Å². The standard InChI is InChI=1S/C23H15ClF7NO/c1-11-6-7-12(8-13-4-2-3-5-15(13)24)9-14(11)10-16(33)32-22-20(27)18(25)17(23(29,30)31)19(26)21(22)28/h2-7,9H,8,10H2,1H3,(H,32,33). The first kappa shape index (κ1) is 24.6. The fourth-order valence-corrected chi connectivity index (χ4v) is 3.44. The van der Waals surface area contributed by atoms with Crippen LogP contribution >= 0.6 is 11.6 Å². The first-order valence-electron chi connectivity index (χ1n) is 9.45. The van der Waals surface area contributed by atoms with Crippen LogP contribution in [0.2, 0.25) is 5.02 Å². The lowest BCUT2D eigenvalue weighted by atomic mass is 9.98. The third-order valence-electron chi connectivity index (χ3n) is 4.93. The molecule has 0 saturated heterocycles. The van der Waals surface area contributed by atoms with E-state index in [1.807, 2.05) is 6.07 Å². The molecule has 0 aromatic heterocycles. The predicted octanol–water partition coefficient (Wildman–Crippen LogP) is 7.00. The fourth-order valence-electron chi connectivity index (χ4n) is 3.23. The number of carbonyl (C=O) groups is 1. The van der Waals surface area contributed by atoms with Crippen molar-refractivity contribution in [2.45, 2.75) is 25.9 Å². The van der Waals surface area contributed by atoms with Crippen molar-refractivity contribution in [3.8, 4) is 0 Å². The summed E-state index contributed by atoms with van der Waals surface area (Å²) in [7, 11) is 0. The molecule has 0 aliphatic heterocycles. The van der Waals surface area contributed by atoms with Gasteiger partial charge in [-0.05, 0) is 41.7 Å². The van der Waals surface area contributed by atoms with E-state index in [4.69, 9.17) is 11.6 Å². The second-order valence-electron chi connectivity index (χ2n) is 7.26. The van der Waals surface area contributed by atoms with Crippen LogP contribution in [0.15, 0.2) is 42.5 Å². The SMILES string of the molecule is Cc1ccc(Cc2ccccc2Cl)cc1CC(=O)Nc1c(F)c(F)c(C(F)(F)F)c(F)c1F. The number of amides is 1. The third-order valence-corrected chi connectivity index (χ3v) is 5.30. The molecule has 1 amide bonds. The molecule has 0 aliphatic carbocycles. The van der Waals surface area contributed by atoms with Gasteiger partial charge < -0.3 is 5.32 Å². The maximum absolute atomic E-state index is 14.0. The van der Waals surface area contributed by atoms with Gasteiger partial charge in [-0.3, -0.25) is 4.79 Å². The van der Waals surface area contributed by atoms with Gasteiger partial charge >= 0.3 is 6.18 Å². The number of benzene rings is 3. The summed E-state index contributed by atoms with van der Waals surface area (Å²) in [6, 6.07) is 12.2. The highest BCUT2D eigenvalue weighted by molar-refractivity contribution is 6.31. The van der Waals surface area contributed by atoms with E-state index >= 15 is 0 Å². The molecule has 33 heavy (non-hydrogen) atoms. The van der Waals surface area contributed by atoms with Crippen LogP contribution in [0.25, 0.3) is 0 Å². The Morgan fingerprint density at radius 3 is 2.09 bits per heavy atom. The Bertz CT molecular complexity index is 1200. The number of carbonyl (C=O) groups excluding carboxylic acids is 1. The zero-order valence-corrected chi connectivity index (χ0v) is 17.6. The Kier molecular flexibility index (Phi) is 7.02. The van der Waals surface area contributed by atoms with Crippen LogP contribution < -0.4 is 5.32 Å². The topological polar surface area (TPSA) is 29.1 Å². The second-order valence-corrected chi connectivity index (χ2v) is 7.66. The molecular weight excluding hydrogens is 475 g/mol. The van der Waals surface area contributed by atoms with E-state index in [-0.39, 0.29) is 0 Å². The van der Waals surface area contributed by atoms with Crippen LogP contribution in [-0.2, 0) is 23.8 Å². The molecule has 174 valence electrons. The highest BCUT2D eigenvalue weighted by Gasteiger charge is 2.42. The van der Waals surface area contributed by atoms with Crippen molar-refractivity contribution in [2.24, 2.45) is 0 Å². The summed E-state index contributed by atoms with van der Waals surface area (Å²) in [6.07, 6.45) is -5.70. The van der Waals surface area contributed by atoms with Crippen LogP contribution in [0.5, 0.6) is 0 Å². The molecular formula is C23H15ClF7NO. The number of alkyl halides is 3. The quantitative estimate of drug-likeness (QED) is 0.303. The van der Waals surface area contributed by atoms with Gasteiger partial charge in [-0.1, -0.05) is 48.0 Å². The summed E-state index contributed by atoms with van der Waals surface area (Å²) in [5.74, 6) is -11.1. The lowest BCUT2D eigenvalue weighted by Crippen LogP contribution is -2.21. The molecule has 3 aromatic rings. The highest BCUT2D eigenvalue weighted by atomic mass is 35.5. The van der Waals surface area contributed by atoms with Crippen LogP contribution in [0.1, 0.15) is 27.8 Å². The Hall–Kier alpha value is -3.07. The highest BCUT2D eigenvalue weighted by Crippen LogP contribution is 2.38. The van der Waals surface area contributed by atoms with Crippen molar-refractivity contribution < 1.29 is 35.5 Å². The van der Waals surface area contributed by atoms with E-state index in [9.17, 15) is 35.5 Å². The summed E-state index contributed by atoms with van der Waals surface area (Å²) in [5, 5.41) is 2.17. The summed E-state index contributed by atoms with van der Waals surface area (Å²) in [4.78, 5) is 12.3.